The van der Waals surface area contributed by atoms with Gasteiger partial charge in [-0.05, 0) is 54.8 Å². The summed E-state index contributed by atoms with van der Waals surface area (Å²) in [7, 11) is 1.58. The molecule has 7 heteroatoms. The number of carbonyl (C=O) groups excluding carboxylic acids is 1. The smallest absolute Gasteiger partial charge is 0.254 e. The number of aromatic nitrogens is 1. The third-order valence-electron chi connectivity index (χ3n) is 5.37. The summed E-state index contributed by atoms with van der Waals surface area (Å²) in [6, 6.07) is 14.7. The molecule has 1 aliphatic rings. The molecular formula is C24H26N2O5. The maximum absolute atomic E-state index is 13.3. The number of benzene rings is 2. The van der Waals surface area contributed by atoms with Crippen LogP contribution in [0.2, 0.25) is 0 Å². The molecule has 0 aliphatic carbocycles. The Morgan fingerprint density at radius 3 is 2.68 bits per heavy atom. The van der Waals surface area contributed by atoms with Gasteiger partial charge in [-0.2, -0.15) is 0 Å². The zero-order chi connectivity index (χ0) is 21.8. The maximum atomic E-state index is 13.3. The highest BCUT2D eigenvalue weighted by Crippen LogP contribution is 2.18. The summed E-state index contributed by atoms with van der Waals surface area (Å²) in [5.41, 5.74) is 2.72. The molecule has 2 aromatic carbocycles. The number of nitrogens with zero attached hydrogens (tertiary/aromatic N) is 1. The first-order valence-electron chi connectivity index (χ1n) is 10.3. The number of hydrogen-bond donors (Lipinski definition) is 1. The Bertz CT molecular complexity index is 1120. The third-order valence-corrected chi connectivity index (χ3v) is 5.37. The van der Waals surface area contributed by atoms with Gasteiger partial charge in [0.05, 0.1) is 39.6 Å². The first-order chi connectivity index (χ1) is 15.0. The van der Waals surface area contributed by atoms with Crippen LogP contribution in [0.5, 0.6) is 5.75 Å². The second-order valence-corrected chi connectivity index (χ2v) is 7.70. The van der Waals surface area contributed by atoms with E-state index in [0.29, 0.717) is 43.2 Å². The molecule has 1 amide bonds. The number of methoxy groups -OCH3 is 1. The lowest BCUT2D eigenvalue weighted by Gasteiger charge is -2.30. The molecule has 1 unspecified atom stereocenters. The first kappa shape index (κ1) is 21.1. The van der Waals surface area contributed by atoms with Crippen molar-refractivity contribution in [3.05, 3.63) is 75.6 Å². The van der Waals surface area contributed by atoms with Gasteiger partial charge in [0, 0.05) is 23.2 Å². The number of aromatic amines is 1. The monoisotopic (exact) mass is 422 g/mol. The van der Waals surface area contributed by atoms with E-state index >= 15 is 0 Å². The highest BCUT2D eigenvalue weighted by Gasteiger charge is 2.24. The molecule has 2 heterocycles. The molecule has 0 saturated carbocycles. The zero-order valence-electron chi connectivity index (χ0n) is 17.7. The van der Waals surface area contributed by atoms with Gasteiger partial charge in [0.25, 0.3) is 11.5 Å². The van der Waals surface area contributed by atoms with Crippen molar-refractivity contribution < 1.29 is 19.0 Å². The minimum Gasteiger partial charge on any atom is -0.497 e. The lowest BCUT2D eigenvalue weighted by atomic mass is 10.1. The van der Waals surface area contributed by atoms with Crippen molar-refractivity contribution in [1.29, 1.82) is 0 Å². The van der Waals surface area contributed by atoms with Crippen molar-refractivity contribution in [3.63, 3.8) is 0 Å². The van der Waals surface area contributed by atoms with Crippen LogP contribution in [0.25, 0.3) is 10.9 Å². The van der Waals surface area contributed by atoms with E-state index < -0.39 is 0 Å². The molecule has 1 atom stereocenters. The molecule has 162 valence electrons. The summed E-state index contributed by atoms with van der Waals surface area (Å²) < 4.78 is 16.4. The topological polar surface area (TPSA) is 80.9 Å². The molecule has 1 N–H and O–H groups in total. The summed E-state index contributed by atoms with van der Waals surface area (Å²) in [6.45, 7) is 3.96. The van der Waals surface area contributed by atoms with Gasteiger partial charge in [-0.15, -0.1) is 0 Å². The van der Waals surface area contributed by atoms with Crippen molar-refractivity contribution in [1.82, 2.24) is 9.88 Å². The highest BCUT2D eigenvalue weighted by atomic mass is 16.6. The predicted molar refractivity (Wildman–Crippen MR) is 118 cm³/mol. The van der Waals surface area contributed by atoms with E-state index in [-0.39, 0.29) is 24.1 Å². The summed E-state index contributed by atoms with van der Waals surface area (Å²) in [5.74, 6) is 0.494. The van der Waals surface area contributed by atoms with Gasteiger partial charge in [0.15, 0.2) is 0 Å². The fourth-order valence-corrected chi connectivity index (χ4v) is 3.72. The average molecular weight is 422 g/mol. The fourth-order valence-electron chi connectivity index (χ4n) is 3.72. The Balaban J connectivity index is 1.64. The van der Waals surface area contributed by atoms with Gasteiger partial charge in [0.1, 0.15) is 5.75 Å². The molecule has 0 radical (unpaired) electrons. The van der Waals surface area contributed by atoms with E-state index in [2.05, 4.69) is 4.98 Å². The lowest BCUT2D eigenvalue weighted by Crippen LogP contribution is -2.43. The first-order valence-corrected chi connectivity index (χ1v) is 10.3. The zero-order valence-corrected chi connectivity index (χ0v) is 17.7. The van der Waals surface area contributed by atoms with E-state index in [1.165, 1.54) is 0 Å². The molecule has 3 aromatic rings. The summed E-state index contributed by atoms with van der Waals surface area (Å²) >= 11 is 0. The molecule has 1 aliphatic heterocycles. The fraction of sp³-hybridized carbons (Fsp3) is 0.333. The Morgan fingerprint density at radius 2 is 1.97 bits per heavy atom. The van der Waals surface area contributed by atoms with E-state index in [4.69, 9.17) is 14.2 Å². The molecule has 1 saturated heterocycles. The lowest BCUT2D eigenvalue weighted by molar-refractivity contribution is -0.0953. The van der Waals surface area contributed by atoms with Crippen LogP contribution in [0, 0.1) is 6.92 Å². The van der Waals surface area contributed by atoms with Gasteiger partial charge < -0.3 is 24.1 Å². The van der Waals surface area contributed by atoms with Gasteiger partial charge in [-0.25, -0.2) is 0 Å². The number of nitrogens with one attached hydrogen (secondary N) is 1. The van der Waals surface area contributed by atoms with Gasteiger partial charge in [0.2, 0.25) is 0 Å². The summed E-state index contributed by atoms with van der Waals surface area (Å²) in [4.78, 5) is 30.6. The SMILES string of the molecule is COc1ccc(C(=O)N(Cc2cc3cc(C)ccc3[nH]c2=O)CC2COCCO2)cc1. The number of hydrogen-bond acceptors (Lipinski definition) is 5. The summed E-state index contributed by atoms with van der Waals surface area (Å²) in [5, 5.41) is 0.934. The van der Waals surface area contributed by atoms with E-state index in [1.54, 1.807) is 36.3 Å². The second kappa shape index (κ2) is 9.32. The van der Waals surface area contributed by atoms with Crippen LogP contribution in [-0.2, 0) is 16.0 Å². The normalized spacial score (nSPS) is 16.3. The molecule has 1 fully saturated rings. The molecule has 7 nitrogen and oxygen atoms in total. The van der Waals surface area contributed by atoms with E-state index in [0.717, 1.165) is 16.5 Å². The van der Waals surface area contributed by atoms with E-state index in [1.807, 2.05) is 31.2 Å². The van der Waals surface area contributed by atoms with Crippen LogP contribution in [0.1, 0.15) is 21.5 Å². The number of fused-ring (bicyclic) bond motifs is 1. The third kappa shape index (κ3) is 4.95. The Kier molecular flexibility index (Phi) is 6.34. The number of amides is 1. The van der Waals surface area contributed by atoms with Crippen LogP contribution >= 0.6 is 0 Å². The molecular weight excluding hydrogens is 396 g/mol. The second-order valence-electron chi connectivity index (χ2n) is 7.70. The Hall–Kier alpha value is -3.16. The van der Waals surface area contributed by atoms with Gasteiger partial charge in [-0.3, -0.25) is 9.59 Å². The predicted octanol–water partition coefficient (Wildman–Crippen LogP) is 2.90. The standard InChI is InChI=1S/C24H26N2O5/c1-16-3-8-22-18(11-16)12-19(23(27)25-22)13-26(14-21-15-30-9-10-31-21)24(28)17-4-6-20(29-2)7-5-17/h3-8,11-12,21H,9-10,13-15H2,1-2H3,(H,25,27). The Morgan fingerprint density at radius 1 is 1.16 bits per heavy atom. The average Bonchev–Trinajstić information content (AvgIpc) is 2.79. The molecule has 4 rings (SSSR count). The van der Waals surface area contributed by atoms with Crippen molar-refractivity contribution in [2.75, 3.05) is 33.5 Å². The number of H-pyrrole nitrogens is 1. The molecule has 31 heavy (non-hydrogen) atoms. The minimum absolute atomic E-state index is 0.171. The minimum atomic E-state index is -0.238. The van der Waals surface area contributed by atoms with Crippen LogP contribution in [0.3, 0.4) is 0 Å². The van der Waals surface area contributed by atoms with Crippen molar-refractivity contribution in [2.45, 2.75) is 19.6 Å². The number of carbonyl (C=O) groups is 1. The number of pyridine rings is 1. The molecule has 1 aromatic heterocycles. The van der Waals surface area contributed by atoms with E-state index in [9.17, 15) is 9.59 Å². The largest absolute Gasteiger partial charge is 0.497 e. The van der Waals surface area contributed by atoms with Crippen LogP contribution in [0.15, 0.2) is 53.3 Å². The highest BCUT2D eigenvalue weighted by molar-refractivity contribution is 5.94. The molecule has 0 bridgehead atoms. The van der Waals surface area contributed by atoms with Crippen molar-refractivity contribution >= 4 is 16.8 Å². The van der Waals surface area contributed by atoms with Crippen LogP contribution in [0.4, 0.5) is 0 Å². The van der Waals surface area contributed by atoms with Gasteiger partial charge in [-0.1, -0.05) is 11.6 Å². The van der Waals surface area contributed by atoms with Crippen molar-refractivity contribution in [3.8, 4) is 5.75 Å². The number of aryl methyl sites for hydroxylation is 1. The quantitative estimate of drug-likeness (QED) is 0.661. The number of rotatable bonds is 6. The van der Waals surface area contributed by atoms with Gasteiger partial charge >= 0.3 is 0 Å². The van der Waals surface area contributed by atoms with Crippen molar-refractivity contribution in [2.24, 2.45) is 0 Å². The van der Waals surface area contributed by atoms with Crippen LogP contribution < -0.4 is 10.3 Å². The Labute approximate surface area is 180 Å². The molecule has 0 spiro atoms. The number of ether oxygens (including phenoxy) is 3. The summed E-state index contributed by atoms with van der Waals surface area (Å²) in [6.07, 6.45) is -0.238. The maximum Gasteiger partial charge on any atom is 0.254 e. The van der Waals surface area contributed by atoms with Crippen LogP contribution in [-0.4, -0.2) is 55.4 Å².